The first kappa shape index (κ1) is 32.4. The number of methoxy groups -OCH3 is 1. The number of rotatable bonds is 7. The minimum absolute atomic E-state index is 0.00584. The van der Waals surface area contributed by atoms with Crippen molar-refractivity contribution >= 4 is 23.7 Å². The highest BCUT2D eigenvalue weighted by Gasteiger charge is 2.73. The third-order valence-corrected chi connectivity index (χ3v) is 10.2. The van der Waals surface area contributed by atoms with Crippen LogP contribution in [-0.2, 0) is 33.4 Å². The topological polar surface area (TPSA) is 135 Å². The minimum atomic E-state index is -1.33. The standard InChI is InChI=1S/C35H45N3O8/c1-44-22-25-30(23-12-5-2-6-13-23)45-34(43)28-26-17-18-35(46-26)29(28)32(41)38(20-11-21-39)31(35)33(42)37(24-14-7-3-8-15-24)19-10-4-9-16-27(40)36-25/h2,4-6,10,12-13,17-18,24-26,28-31,39H,3,7-9,11,14-16,19-22H2,1H3,(H,36,40)/b10-4-/t25-,26+,28-,29-,30-,31+,35-/m0/s1. The number of allylic oxidation sites excluding steroid dienone is 1. The maximum atomic E-state index is 14.8. The number of carbonyl (C=O) groups is 4. The highest BCUT2D eigenvalue weighted by Crippen LogP contribution is 2.56. The van der Waals surface area contributed by atoms with Gasteiger partial charge in [0.1, 0.15) is 23.7 Å². The summed E-state index contributed by atoms with van der Waals surface area (Å²) >= 11 is 0. The molecule has 7 atom stereocenters. The molecule has 5 aliphatic rings. The van der Waals surface area contributed by atoms with Crippen LogP contribution in [0.15, 0.2) is 54.6 Å². The molecule has 1 aromatic rings. The van der Waals surface area contributed by atoms with E-state index in [0.717, 1.165) is 32.1 Å². The monoisotopic (exact) mass is 635 g/mol. The van der Waals surface area contributed by atoms with Crippen molar-refractivity contribution in [3.8, 4) is 0 Å². The lowest BCUT2D eigenvalue weighted by Gasteiger charge is -2.40. The third-order valence-electron chi connectivity index (χ3n) is 10.2. The zero-order chi connectivity index (χ0) is 32.3. The van der Waals surface area contributed by atoms with E-state index in [1.807, 2.05) is 47.4 Å². The van der Waals surface area contributed by atoms with Crippen molar-refractivity contribution in [1.29, 1.82) is 0 Å². The molecule has 6 rings (SSSR count). The summed E-state index contributed by atoms with van der Waals surface area (Å²) in [6.07, 6.45) is 11.6. The first-order valence-electron chi connectivity index (χ1n) is 16.7. The summed E-state index contributed by atoms with van der Waals surface area (Å²) in [6.45, 7) is 0.447. The van der Waals surface area contributed by atoms with E-state index in [1.165, 1.54) is 12.0 Å². The maximum Gasteiger partial charge on any atom is 0.313 e. The van der Waals surface area contributed by atoms with Crippen LogP contribution < -0.4 is 5.32 Å². The number of fused-ring (bicyclic) bond motifs is 2. The first-order valence-corrected chi connectivity index (χ1v) is 16.7. The average Bonchev–Trinajstić information content (AvgIpc) is 3.71. The van der Waals surface area contributed by atoms with Gasteiger partial charge in [-0.2, -0.15) is 0 Å². The molecule has 11 heteroatoms. The fourth-order valence-electron chi connectivity index (χ4n) is 8.08. The number of aliphatic hydroxyl groups excluding tert-OH is 1. The fraction of sp³-hybridized carbons (Fsp3) is 0.600. The lowest BCUT2D eigenvalue weighted by molar-refractivity contribution is -0.162. The Morgan fingerprint density at radius 1 is 1.04 bits per heavy atom. The second-order valence-electron chi connectivity index (χ2n) is 13.0. The lowest BCUT2D eigenvalue weighted by atomic mass is 9.74. The molecule has 11 nitrogen and oxygen atoms in total. The van der Waals surface area contributed by atoms with Gasteiger partial charge < -0.3 is 34.4 Å². The number of cyclic esters (lactones) is 1. The molecule has 2 N–H and O–H groups in total. The Hall–Kier alpha value is -3.54. The van der Waals surface area contributed by atoms with Gasteiger partial charge in [-0.3, -0.25) is 19.2 Å². The molecule has 4 aliphatic heterocycles. The second kappa shape index (κ2) is 14.1. The highest BCUT2D eigenvalue weighted by molar-refractivity contribution is 5.99. The number of hydrogen-bond donors (Lipinski definition) is 2. The molecule has 0 unspecified atom stereocenters. The Morgan fingerprint density at radius 3 is 2.57 bits per heavy atom. The molecule has 1 spiro atoms. The van der Waals surface area contributed by atoms with Crippen molar-refractivity contribution in [1.82, 2.24) is 15.1 Å². The van der Waals surface area contributed by atoms with Crippen molar-refractivity contribution in [2.24, 2.45) is 11.8 Å². The number of likely N-dealkylation sites (tertiary alicyclic amines) is 1. The number of nitrogens with zero attached hydrogens (tertiary/aromatic N) is 2. The highest BCUT2D eigenvalue weighted by atomic mass is 16.6. The predicted octanol–water partition coefficient (Wildman–Crippen LogP) is 2.45. The molecule has 3 amide bonds. The lowest BCUT2D eigenvalue weighted by Crippen LogP contribution is -2.58. The molecule has 1 saturated carbocycles. The Kier molecular flexibility index (Phi) is 9.91. The molecule has 5 bridgehead atoms. The number of aliphatic hydroxyl groups is 1. The van der Waals surface area contributed by atoms with E-state index in [0.29, 0.717) is 24.9 Å². The summed E-state index contributed by atoms with van der Waals surface area (Å²) in [5.74, 6) is -3.37. The van der Waals surface area contributed by atoms with Crippen molar-refractivity contribution in [3.63, 3.8) is 0 Å². The summed E-state index contributed by atoms with van der Waals surface area (Å²) in [7, 11) is 1.52. The number of hydrogen-bond acceptors (Lipinski definition) is 8. The number of carbonyl (C=O) groups excluding carboxylic acids is 4. The van der Waals surface area contributed by atoms with Crippen LogP contribution in [0.4, 0.5) is 0 Å². The van der Waals surface area contributed by atoms with Crippen LogP contribution in [0, 0.1) is 11.8 Å². The van der Waals surface area contributed by atoms with Crippen molar-refractivity contribution < 1.29 is 38.5 Å². The van der Waals surface area contributed by atoms with Gasteiger partial charge in [-0.15, -0.1) is 0 Å². The van der Waals surface area contributed by atoms with E-state index in [2.05, 4.69) is 5.32 Å². The number of esters is 1. The van der Waals surface area contributed by atoms with Crippen LogP contribution in [0.1, 0.15) is 63.0 Å². The fourth-order valence-corrected chi connectivity index (χ4v) is 8.08. The first-order chi connectivity index (χ1) is 22.4. The van der Waals surface area contributed by atoms with Crippen LogP contribution >= 0.6 is 0 Å². The molecule has 2 saturated heterocycles. The average molecular weight is 636 g/mol. The van der Waals surface area contributed by atoms with E-state index in [1.54, 1.807) is 12.2 Å². The van der Waals surface area contributed by atoms with Crippen molar-refractivity contribution in [2.45, 2.75) is 87.3 Å². The molecular formula is C35H45N3O8. The van der Waals surface area contributed by atoms with Gasteiger partial charge in [-0.25, -0.2) is 0 Å². The normalized spacial score (nSPS) is 34.5. The molecule has 3 fully saturated rings. The van der Waals surface area contributed by atoms with Crippen LogP contribution in [0.3, 0.4) is 0 Å². The van der Waals surface area contributed by atoms with Crippen molar-refractivity contribution in [2.75, 3.05) is 33.4 Å². The maximum absolute atomic E-state index is 14.8. The molecular weight excluding hydrogens is 590 g/mol. The largest absolute Gasteiger partial charge is 0.455 e. The van der Waals surface area contributed by atoms with Gasteiger partial charge in [0.2, 0.25) is 17.7 Å². The Bertz CT molecular complexity index is 1340. The Morgan fingerprint density at radius 2 is 1.83 bits per heavy atom. The van der Waals surface area contributed by atoms with E-state index < -0.39 is 47.7 Å². The van der Waals surface area contributed by atoms with Gasteiger partial charge in [0.25, 0.3) is 0 Å². The van der Waals surface area contributed by atoms with Gasteiger partial charge in [0.05, 0.1) is 24.7 Å². The molecule has 46 heavy (non-hydrogen) atoms. The zero-order valence-corrected chi connectivity index (χ0v) is 26.4. The van der Waals surface area contributed by atoms with E-state index in [-0.39, 0.29) is 49.9 Å². The summed E-state index contributed by atoms with van der Waals surface area (Å²) in [6, 6.07) is 7.49. The number of nitrogens with one attached hydrogen (secondary N) is 1. The second-order valence-corrected chi connectivity index (χ2v) is 13.0. The smallest absolute Gasteiger partial charge is 0.313 e. The molecule has 4 heterocycles. The summed E-state index contributed by atoms with van der Waals surface area (Å²) in [5.41, 5.74) is -0.658. The van der Waals surface area contributed by atoms with E-state index in [9.17, 15) is 24.3 Å². The zero-order valence-electron chi connectivity index (χ0n) is 26.4. The minimum Gasteiger partial charge on any atom is -0.455 e. The van der Waals surface area contributed by atoms with Crippen LogP contribution in [-0.4, -0.2) is 102 Å². The number of ether oxygens (including phenoxy) is 3. The molecule has 1 aromatic carbocycles. The van der Waals surface area contributed by atoms with Gasteiger partial charge in [0, 0.05) is 39.3 Å². The third kappa shape index (κ3) is 6.00. The molecule has 1 aliphatic carbocycles. The van der Waals surface area contributed by atoms with E-state index >= 15 is 0 Å². The predicted molar refractivity (Wildman–Crippen MR) is 167 cm³/mol. The van der Waals surface area contributed by atoms with Crippen LogP contribution in [0.25, 0.3) is 0 Å². The van der Waals surface area contributed by atoms with Gasteiger partial charge in [-0.1, -0.05) is 73.9 Å². The quantitative estimate of drug-likeness (QED) is 0.345. The van der Waals surface area contributed by atoms with E-state index in [4.69, 9.17) is 14.2 Å². The molecule has 248 valence electrons. The Balaban J connectivity index is 1.42. The number of amides is 3. The summed E-state index contributed by atoms with van der Waals surface area (Å²) < 4.78 is 18.3. The summed E-state index contributed by atoms with van der Waals surface area (Å²) in [4.78, 5) is 59.9. The van der Waals surface area contributed by atoms with Crippen molar-refractivity contribution in [3.05, 3.63) is 60.2 Å². The Labute approximate surface area is 269 Å². The van der Waals surface area contributed by atoms with Gasteiger partial charge in [-0.05, 0) is 31.2 Å². The summed E-state index contributed by atoms with van der Waals surface area (Å²) in [5, 5.41) is 12.7. The van der Waals surface area contributed by atoms with Gasteiger partial charge >= 0.3 is 5.97 Å². The molecule has 0 aromatic heterocycles. The van der Waals surface area contributed by atoms with Crippen LogP contribution in [0.2, 0.25) is 0 Å². The van der Waals surface area contributed by atoms with Crippen LogP contribution in [0.5, 0.6) is 0 Å². The SMILES string of the molecule is COC[C@@H]1NC(=O)CC/C=C\CN(C2CCCCC2)C(=O)[C@H]2N(CCCO)C(=O)[C@@H]3[C@@H](C(=O)O[C@H]1c1ccccc1)[C@H]1C=C[C@]32O1. The number of benzene rings is 1. The van der Waals surface area contributed by atoms with Gasteiger partial charge in [0.15, 0.2) is 0 Å². The molecule has 0 radical (unpaired) electrons.